The summed E-state index contributed by atoms with van der Waals surface area (Å²) in [7, 11) is 2.40. The molecule has 0 radical (unpaired) electrons. The van der Waals surface area contributed by atoms with Crippen molar-refractivity contribution < 1.29 is 19.0 Å². The van der Waals surface area contributed by atoms with Gasteiger partial charge in [-0.2, -0.15) is 0 Å². The van der Waals surface area contributed by atoms with Crippen LogP contribution in [0.4, 0.5) is 0 Å². The molecule has 0 aromatic rings. The Bertz CT molecular complexity index is 266. The van der Waals surface area contributed by atoms with Crippen LogP contribution in [0.25, 0.3) is 0 Å². The van der Waals surface area contributed by atoms with Crippen molar-refractivity contribution in [1.82, 2.24) is 0 Å². The van der Waals surface area contributed by atoms with Crippen molar-refractivity contribution in [2.24, 2.45) is 0 Å². The molecule has 0 amide bonds. The molecule has 4 nitrogen and oxygen atoms in total. The lowest BCUT2D eigenvalue weighted by atomic mass is 10.3. The monoisotopic (exact) mass is 274 g/mol. The quantitative estimate of drug-likeness (QED) is 0.278. The number of esters is 1. The number of methoxy groups -OCH3 is 2. The molecule has 0 aliphatic carbocycles. The highest BCUT2D eigenvalue weighted by molar-refractivity contribution is 6.41. The molecule has 0 N–H and O–H groups in total. The van der Waals surface area contributed by atoms with Crippen LogP contribution < -0.4 is 0 Å². The molecule has 0 fully saturated rings. The number of hydrogen-bond acceptors (Lipinski definition) is 4. The zero-order valence-electron chi connectivity index (χ0n) is 12.2. The molecule has 0 rings (SSSR count). The van der Waals surface area contributed by atoms with Crippen LogP contribution in [0.2, 0.25) is 0 Å². The Labute approximate surface area is 113 Å². The minimum atomic E-state index is -0.882. The molecule has 0 aliphatic rings. The normalized spacial score (nSPS) is 13.8. The predicted octanol–water partition coefficient (Wildman–Crippen LogP) is 1.76. The van der Waals surface area contributed by atoms with E-state index < -0.39 is 14.9 Å². The van der Waals surface area contributed by atoms with E-state index >= 15 is 0 Å². The minimum Gasteiger partial charge on any atom is -0.463 e. The molecule has 0 heterocycles. The standard InChI is InChI=1S/C13H26O4Si/c1-7-9-11(17-12(14)10(3)4)18-13(8-2,15-5)16-6/h11H,3,7-9,18H2,1-2,4-6H3. The second kappa shape index (κ2) is 8.45. The summed E-state index contributed by atoms with van der Waals surface area (Å²) in [5.41, 5.74) is -0.184. The Balaban J connectivity index is 4.69. The van der Waals surface area contributed by atoms with Crippen LogP contribution in [0.1, 0.15) is 40.0 Å². The first kappa shape index (κ1) is 17.3. The van der Waals surface area contributed by atoms with Gasteiger partial charge in [0.2, 0.25) is 0 Å². The molecule has 0 saturated heterocycles. The summed E-state index contributed by atoms with van der Waals surface area (Å²) >= 11 is 0. The van der Waals surface area contributed by atoms with Gasteiger partial charge < -0.3 is 14.2 Å². The highest BCUT2D eigenvalue weighted by atomic mass is 28.2. The maximum Gasteiger partial charge on any atom is 0.333 e. The van der Waals surface area contributed by atoms with Crippen LogP contribution in [-0.2, 0) is 19.0 Å². The molecule has 0 bridgehead atoms. The molecule has 0 aromatic carbocycles. The molecular formula is C13H26O4Si. The van der Waals surface area contributed by atoms with Crippen molar-refractivity contribution >= 4 is 15.5 Å². The van der Waals surface area contributed by atoms with Gasteiger partial charge >= 0.3 is 5.97 Å². The first-order chi connectivity index (χ1) is 8.44. The largest absolute Gasteiger partial charge is 0.463 e. The molecule has 106 valence electrons. The number of carbonyl (C=O) groups is 1. The Hall–Kier alpha value is -0.653. The molecular weight excluding hydrogens is 248 g/mol. The van der Waals surface area contributed by atoms with E-state index in [1.807, 2.05) is 6.92 Å². The molecule has 0 spiro atoms. The maximum absolute atomic E-state index is 11.6. The van der Waals surface area contributed by atoms with Crippen LogP contribution in [0.5, 0.6) is 0 Å². The average molecular weight is 274 g/mol. The lowest BCUT2D eigenvalue weighted by Gasteiger charge is -2.32. The van der Waals surface area contributed by atoms with Crippen LogP contribution in [0.3, 0.4) is 0 Å². The predicted molar refractivity (Wildman–Crippen MR) is 75.2 cm³/mol. The molecule has 0 saturated carbocycles. The van der Waals surface area contributed by atoms with Crippen molar-refractivity contribution in [3.8, 4) is 0 Å². The summed E-state index contributed by atoms with van der Waals surface area (Å²) in [5, 5.41) is 0. The van der Waals surface area contributed by atoms with Crippen LogP contribution in [0.15, 0.2) is 12.2 Å². The summed E-state index contributed by atoms with van der Waals surface area (Å²) in [6.45, 7) is 9.35. The Kier molecular flexibility index (Phi) is 8.14. The summed E-state index contributed by atoms with van der Waals surface area (Å²) < 4.78 is 16.4. The van der Waals surface area contributed by atoms with Gasteiger partial charge in [0.15, 0.2) is 0 Å². The summed E-state index contributed by atoms with van der Waals surface area (Å²) in [4.78, 5) is 11.6. The Morgan fingerprint density at radius 1 is 1.33 bits per heavy atom. The number of hydrogen-bond donors (Lipinski definition) is 0. The van der Waals surface area contributed by atoms with E-state index in [9.17, 15) is 4.79 Å². The SMILES string of the molecule is C=C(C)C(=O)OC(CCC)[SiH2]C(CC)(OC)OC. The van der Waals surface area contributed by atoms with Crippen LogP contribution >= 0.6 is 0 Å². The van der Waals surface area contributed by atoms with E-state index in [-0.39, 0.29) is 11.7 Å². The lowest BCUT2D eigenvalue weighted by Crippen LogP contribution is -2.47. The first-order valence-corrected chi connectivity index (χ1v) is 7.93. The van der Waals surface area contributed by atoms with Gasteiger partial charge in [0.1, 0.15) is 14.9 Å². The smallest absolute Gasteiger partial charge is 0.333 e. The topological polar surface area (TPSA) is 44.8 Å². The van der Waals surface area contributed by atoms with E-state index in [4.69, 9.17) is 14.2 Å². The fraction of sp³-hybridized carbons (Fsp3) is 0.769. The number of ether oxygens (including phenoxy) is 3. The fourth-order valence-corrected chi connectivity index (χ4v) is 3.97. The highest BCUT2D eigenvalue weighted by Crippen LogP contribution is 2.19. The molecule has 0 aliphatic heterocycles. The summed E-state index contributed by atoms with van der Waals surface area (Å²) in [5.74, 6) is -0.321. The molecule has 18 heavy (non-hydrogen) atoms. The zero-order valence-corrected chi connectivity index (χ0v) is 13.7. The van der Waals surface area contributed by atoms with Crippen molar-refractivity contribution in [2.45, 2.75) is 51.2 Å². The summed E-state index contributed by atoms with van der Waals surface area (Å²) in [6, 6.07) is 0. The fourth-order valence-electron chi connectivity index (χ4n) is 1.81. The Morgan fingerprint density at radius 2 is 1.89 bits per heavy atom. The van der Waals surface area contributed by atoms with Gasteiger partial charge in [0.05, 0.1) is 5.73 Å². The first-order valence-electron chi connectivity index (χ1n) is 6.41. The third-order valence-corrected chi connectivity index (χ3v) is 5.78. The van der Waals surface area contributed by atoms with Gasteiger partial charge in [-0.3, -0.25) is 0 Å². The Morgan fingerprint density at radius 3 is 2.22 bits per heavy atom. The van der Waals surface area contributed by atoms with E-state index in [2.05, 4.69) is 13.5 Å². The van der Waals surface area contributed by atoms with E-state index in [1.54, 1.807) is 21.1 Å². The van der Waals surface area contributed by atoms with Gasteiger partial charge in [-0.25, -0.2) is 4.79 Å². The van der Waals surface area contributed by atoms with Crippen molar-refractivity contribution in [3.05, 3.63) is 12.2 Å². The maximum atomic E-state index is 11.6. The van der Waals surface area contributed by atoms with Gasteiger partial charge in [0.25, 0.3) is 0 Å². The second-order valence-corrected chi connectivity index (χ2v) is 6.87. The highest BCUT2D eigenvalue weighted by Gasteiger charge is 2.33. The molecule has 5 heteroatoms. The van der Waals surface area contributed by atoms with Crippen molar-refractivity contribution in [1.29, 1.82) is 0 Å². The summed E-state index contributed by atoms with van der Waals surface area (Å²) in [6.07, 6.45) is 2.57. The lowest BCUT2D eigenvalue weighted by molar-refractivity contribution is -0.153. The van der Waals surface area contributed by atoms with Crippen LogP contribution in [0, 0.1) is 0 Å². The van der Waals surface area contributed by atoms with E-state index in [0.29, 0.717) is 5.57 Å². The van der Waals surface area contributed by atoms with Gasteiger partial charge in [0, 0.05) is 19.8 Å². The zero-order chi connectivity index (χ0) is 14.2. The molecule has 1 unspecified atom stereocenters. The minimum absolute atomic E-state index is 0.0703. The number of carbonyl (C=O) groups excluding carboxylic acids is 1. The molecule has 1 atom stereocenters. The average Bonchev–Trinajstić information content (AvgIpc) is 2.36. The third kappa shape index (κ3) is 5.33. The number of rotatable bonds is 9. The molecule has 0 aromatic heterocycles. The van der Waals surface area contributed by atoms with Crippen molar-refractivity contribution in [3.63, 3.8) is 0 Å². The van der Waals surface area contributed by atoms with Crippen molar-refractivity contribution in [2.75, 3.05) is 14.2 Å². The van der Waals surface area contributed by atoms with E-state index in [0.717, 1.165) is 19.3 Å². The van der Waals surface area contributed by atoms with E-state index in [1.165, 1.54) is 0 Å². The second-order valence-electron chi connectivity index (χ2n) is 4.47. The van der Waals surface area contributed by atoms with Crippen LogP contribution in [-0.4, -0.2) is 40.8 Å². The van der Waals surface area contributed by atoms with Gasteiger partial charge in [-0.05, 0) is 19.8 Å². The van der Waals surface area contributed by atoms with Gasteiger partial charge in [-0.1, -0.05) is 26.8 Å². The van der Waals surface area contributed by atoms with Gasteiger partial charge in [-0.15, -0.1) is 0 Å². The third-order valence-electron chi connectivity index (χ3n) is 3.05.